The smallest absolute Gasteiger partial charge is 0.363 e. The Morgan fingerprint density at radius 1 is 1.06 bits per heavy atom. The molecule has 0 atom stereocenters. The van der Waals surface area contributed by atoms with Crippen LogP contribution in [0.25, 0.3) is 6.08 Å². The molecule has 1 aliphatic rings. The first-order valence-electron chi connectivity index (χ1n) is 10.7. The van der Waals surface area contributed by atoms with Gasteiger partial charge in [-0.1, -0.05) is 23.8 Å². The minimum atomic E-state index is -0.661. The maximum Gasteiger partial charge on any atom is 0.363 e. The minimum Gasteiger partial charge on any atom is -0.490 e. The van der Waals surface area contributed by atoms with Crippen molar-refractivity contribution in [3.63, 3.8) is 0 Å². The molecule has 35 heavy (non-hydrogen) atoms. The van der Waals surface area contributed by atoms with E-state index in [9.17, 15) is 19.7 Å². The standard InChI is InChI=1S/C26H20N2O7/c1-3-33-23-15-17(6-13-22(23)34-25(29)19-7-4-16(2)5-8-19)14-21-26(30)35-24(27-21)18-9-11-20(12-10-18)28(31)32/h4-15H,3H2,1-2H3/b21-14+. The number of aryl methyl sites for hydroxylation is 1. The molecule has 9 nitrogen and oxygen atoms in total. The van der Waals surface area contributed by atoms with Crippen LogP contribution in [0.5, 0.6) is 11.5 Å². The van der Waals surface area contributed by atoms with Gasteiger partial charge in [-0.3, -0.25) is 10.1 Å². The van der Waals surface area contributed by atoms with E-state index in [1.54, 1.807) is 37.3 Å². The number of nitro benzene ring substituents is 1. The molecule has 0 saturated carbocycles. The predicted octanol–water partition coefficient (Wildman–Crippen LogP) is 4.87. The van der Waals surface area contributed by atoms with Crippen molar-refractivity contribution in [2.45, 2.75) is 13.8 Å². The van der Waals surface area contributed by atoms with Crippen LogP contribution in [-0.2, 0) is 9.53 Å². The zero-order chi connectivity index (χ0) is 24.9. The number of rotatable bonds is 7. The van der Waals surface area contributed by atoms with Gasteiger partial charge in [0, 0.05) is 17.7 Å². The number of carbonyl (C=O) groups is 2. The van der Waals surface area contributed by atoms with Crippen LogP contribution in [0.3, 0.4) is 0 Å². The van der Waals surface area contributed by atoms with Gasteiger partial charge in [0.15, 0.2) is 17.2 Å². The van der Waals surface area contributed by atoms with E-state index in [4.69, 9.17) is 14.2 Å². The maximum absolute atomic E-state index is 12.5. The molecule has 0 spiro atoms. The summed E-state index contributed by atoms with van der Waals surface area (Å²) in [4.78, 5) is 39.4. The molecule has 0 unspecified atom stereocenters. The summed E-state index contributed by atoms with van der Waals surface area (Å²) >= 11 is 0. The number of benzene rings is 3. The first kappa shape index (κ1) is 23.4. The molecule has 0 radical (unpaired) electrons. The second-order valence-electron chi connectivity index (χ2n) is 7.53. The Morgan fingerprint density at radius 2 is 1.77 bits per heavy atom. The maximum atomic E-state index is 12.5. The van der Waals surface area contributed by atoms with Gasteiger partial charge < -0.3 is 14.2 Å². The topological polar surface area (TPSA) is 117 Å². The number of aliphatic imine (C=N–C) groups is 1. The third-order valence-electron chi connectivity index (χ3n) is 5.01. The van der Waals surface area contributed by atoms with Crippen molar-refractivity contribution in [3.8, 4) is 11.5 Å². The van der Waals surface area contributed by atoms with Crippen LogP contribution in [0.2, 0.25) is 0 Å². The number of nitro groups is 1. The Labute approximate surface area is 200 Å². The Balaban J connectivity index is 1.57. The first-order chi connectivity index (χ1) is 16.8. The summed E-state index contributed by atoms with van der Waals surface area (Å²) in [5.41, 5.74) is 2.40. The van der Waals surface area contributed by atoms with E-state index >= 15 is 0 Å². The number of nitrogens with zero attached hydrogens (tertiary/aromatic N) is 2. The predicted molar refractivity (Wildman–Crippen MR) is 127 cm³/mol. The molecule has 0 fully saturated rings. The summed E-state index contributed by atoms with van der Waals surface area (Å²) in [6.07, 6.45) is 1.51. The highest BCUT2D eigenvalue weighted by atomic mass is 16.6. The quantitative estimate of drug-likeness (QED) is 0.158. The molecule has 0 aromatic heterocycles. The van der Waals surface area contributed by atoms with E-state index < -0.39 is 16.9 Å². The van der Waals surface area contributed by atoms with Crippen molar-refractivity contribution < 1.29 is 28.7 Å². The highest BCUT2D eigenvalue weighted by Gasteiger charge is 2.25. The fourth-order valence-corrected chi connectivity index (χ4v) is 3.23. The summed E-state index contributed by atoms with van der Waals surface area (Å²) in [5.74, 6) is -0.568. The molecule has 1 heterocycles. The monoisotopic (exact) mass is 472 g/mol. The highest BCUT2D eigenvalue weighted by molar-refractivity contribution is 6.12. The molecule has 4 rings (SSSR count). The molecule has 0 aliphatic carbocycles. The Hall–Kier alpha value is -4.79. The molecule has 0 saturated heterocycles. The van der Waals surface area contributed by atoms with Gasteiger partial charge in [0.2, 0.25) is 5.90 Å². The molecule has 3 aromatic carbocycles. The summed E-state index contributed by atoms with van der Waals surface area (Å²) in [6.45, 7) is 4.06. The van der Waals surface area contributed by atoms with Gasteiger partial charge in [-0.2, -0.15) is 0 Å². The van der Waals surface area contributed by atoms with E-state index in [2.05, 4.69) is 4.99 Å². The van der Waals surface area contributed by atoms with Gasteiger partial charge in [-0.15, -0.1) is 0 Å². The molecule has 1 aliphatic heterocycles. The summed E-state index contributed by atoms with van der Waals surface area (Å²) in [6, 6.07) is 17.4. The summed E-state index contributed by atoms with van der Waals surface area (Å²) < 4.78 is 16.4. The second-order valence-corrected chi connectivity index (χ2v) is 7.53. The minimum absolute atomic E-state index is 0.0461. The Bertz CT molecular complexity index is 1360. The van der Waals surface area contributed by atoms with E-state index in [1.165, 1.54) is 30.3 Å². The lowest BCUT2D eigenvalue weighted by Crippen LogP contribution is -2.09. The number of esters is 2. The number of non-ortho nitro benzene ring substituents is 1. The fourth-order valence-electron chi connectivity index (χ4n) is 3.23. The van der Waals surface area contributed by atoms with Gasteiger partial charge in [-0.25, -0.2) is 14.6 Å². The highest BCUT2D eigenvalue weighted by Crippen LogP contribution is 2.31. The molecule has 176 valence electrons. The van der Waals surface area contributed by atoms with Crippen molar-refractivity contribution >= 4 is 29.6 Å². The van der Waals surface area contributed by atoms with E-state index in [-0.39, 0.29) is 23.0 Å². The molecule has 0 N–H and O–H groups in total. The van der Waals surface area contributed by atoms with Crippen LogP contribution in [0.1, 0.15) is 34.0 Å². The van der Waals surface area contributed by atoms with Crippen LogP contribution in [0, 0.1) is 17.0 Å². The first-order valence-corrected chi connectivity index (χ1v) is 10.7. The van der Waals surface area contributed by atoms with Crippen LogP contribution in [0.4, 0.5) is 5.69 Å². The number of ether oxygens (including phenoxy) is 3. The van der Waals surface area contributed by atoms with Crippen LogP contribution in [-0.4, -0.2) is 29.4 Å². The lowest BCUT2D eigenvalue weighted by Gasteiger charge is -2.11. The number of hydrogen-bond donors (Lipinski definition) is 0. The van der Waals surface area contributed by atoms with Gasteiger partial charge >= 0.3 is 11.9 Å². The van der Waals surface area contributed by atoms with Crippen LogP contribution >= 0.6 is 0 Å². The summed E-state index contributed by atoms with van der Waals surface area (Å²) in [5, 5.41) is 10.8. The van der Waals surface area contributed by atoms with Crippen LogP contribution < -0.4 is 9.47 Å². The van der Waals surface area contributed by atoms with Crippen LogP contribution in [0.15, 0.2) is 77.4 Å². The van der Waals surface area contributed by atoms with Crippen molar-refractivity contribution in [3.05, 3.63) is 105 Å². The van der Waals surface area contributed by atoms with E-state index in [0.717, 1.165) is 5.56 Å². The number of cyclic esters (lactones) is 1. The van der Waals surface area contributed by atoms with Gasteiger partial charge in [0.05, 0.1) is 17.1 Å². The van der Waals surface area contributed by atoms with E-state index in [1.807, 2.05) is 19.1 Å². The third-order valence-corrected chi connectivity index (χ3v) is 5.01. The molecule has 0 bridgehead atoms. The normalized spacial score (nSPS) is 13.8. The fraction of sp³-hybridized carbons (Fsp3) is 0.115. The lowest BCUT2D eigenvalue weighted by atomic mass is 10.1. The zero-order valence-electron chi connectivity index (χ0n) is 18.9. The molecular formula is C26H20N2O7. The van der Waals surface area contributed by atoms with Gasteiger partial charge in [0.25, 0.3) is 5.69 Å². The Morgan fingerprint density at radius 3 is 2.43 bits per heavy atom. The second kappa shape index (κ2) is 10.0. The summed E-state index contributed by atoms with van der Waals surface area (Å²) in [7, 11) is 0. The van der Waals surface area contributed by atoms with Crippen molar-refractivity contribution in [1.82, 2.24) is 0 Å². The lowest BCUT2D eigenvalue weighted by molar-refractivity contribution is -0.384. The SMILES string of the molecule is CCOc1cc(/C=C2/N=C(c3ccc([N+](=O)[O-])cc3)OC2=O)ccc1OC(=O)c1ccc(C)cc1. The molecule has 3 aromatic rings. The largest absolute Gasteiger partial charge is 0.490 e. The van der Waals surface area contributed by atoms with Crippen molar-refractivity contribution in [1.29, 1.82) is 0 Å². The molecule has 9 heteroatoms. The van der Waals surface area contributed by atoms with Crippen molar-refractivity contribution in [2.75, 3.05) is 6.61 Å². The average molecular weight is 472 g/mol. The van der Waals surface area contributed by atoms with Crippen molar-refractivity contribution in [2.24, 2.45) is 4.99 Å². The number of carbonyl (C=O) groups excluding carboxylic acids is 2. The molecule has 0 amide bonds. The number of hydrogen-bond acceptors (Lipinski definition) is 8. The average Bonchev–Trinajstić information content (AvgIpc) is 3.21. The Kier molecular flexibility index (Phi) is 6.68. The van der Waals surface area contributed by atoms with Gasteiger partial charge in [0.1, 0.15) is 0 Å². The molecular weight excluding hydrogens is 452 g/mol. The van der Waals surface area contributed by atoms with Gasteiger partial charge in [-0.05, 0) is 61.9 Å². The third kappa shape index (κ3) is 5.41. The van der Waals surface area contributed by atoms with E-state index in [0.29, 0.717) is 29.0 Å². The zero-order valence-corrected chi connectivity index (χ0v) is 18.9.